The highest BCUT2D eigenvalue weighted by molar-refractivity contribution is 8.10. The van der Waals surface area contributed by atoms with Crippen molar-refractivity contribution in [2.24, 2.45) is 0 Å². The van der Waals surface area contributed by atoms with E-state index in [1.165, 1.54) is 25.3 Å². The summed E-state index contributed by atoms with van der Waals surface area (Å²) in [7, 11) is 0.741. The number of nitrogens with zero attached hydrogens (tertiary/aromatic N) is 1. The zero-order valence-corrected chi connectivity index (χ0v) is 9.17. The number of carbonyl (C=O) groups excluding carboxylic acids is 1. The quantitative estimate of drug-likeness (QED) is 0.806. The van der Waals surface area contributed by atoms with Gasteiger partial charge >= 0.3 is 9.33 Å². The van der Waals surface area contributed by atoms with Crippen molar-refractivity contribution in [2.75, 3.05) is 5.32 Å². The van der Waals surface area contributed by atoms with Crippen LogP contribution >= 0.6 is 10.7 Å². The third kappa shape index (κ3) is 4.61. The number of pyridine rings is 1. The number of hydrogen-bond donors (Lipinski definition) is 1. The third-order valence-corrected chi connectivity index (χ3v) is 1.80. The van der Waals surface area contributed by atoms with Gasteiger partial charge in [-0.25, -0.2) is 4.98 Å². The van der Waals surface area contributed by atoms with Gasteiger partial charge in [0.25, 0.3) is 0 Å². The molecule has 1 aromatic heterocycles. The van der Waals surface area contributed by atoms with Gasteiger partial charge < -0.3 is 9.50 Å². The fourth-order valence-corrected chi connectivity index (χ4v) is 1.30. The van der Waals surface area contributed by atoms with Crippen LogP contribution in [0.1, 0.15) is 6.92 Å². The van der Waals surface area contributed by atoms with Crippen molar-refractivity contribution < 1.29 is 17.4 Å². The summed E-state index contributed by atoms with van der Waals surface area (Å²) >= 11 is 0. The van der Waals surface area contributed by atoms with E-state index >= 15 is 0 Å². The number of aromatic nitrogens is 1. The molecule has 6 nitrogen and oxygen atoms in total. The number of amides is 1. The predicted molar refractivity (Wildman–Crippen MR) is 53.9 cm³/mol. The van der Waals surface area contributed by atoms with E-state index in [-0.39, 0.29) is 11.8 Å². The average Bonchev–Trinajstić information content (AvgIpc) is 2.05. The van der Waals surface area contributed by atoms with Crippen LogP contribution in [0.2, 0.25) is 0 Å². The lowest BCUT2D eigenvalue weighted by molar-refractivity contribution is -0.114. The Morgan fingerprint density at radius 1 is 1.53 bits per heavy atom. The highest BCUT2D eigenvalue weighted by atomic mass is 35.7. The summed E-state index contributed by atoms with van der Waals surface area (Å²) in [5.74, 6) is -0.422. The molecule has 0 aromatic carbocycles. The molecule has 82 valence electrons. The van der Waals surface area contributed by atoms with E-state index in [1.807, 2.05) is 0 Å². The highest BCUT2D eigenvalue weighted by Gasteiger charge is 2.08. The fourth-order valence-electron chi connectivity index (χ4n) is 0.809. The topological polar surface area (TPSA) is 85.4 Å². The maximum absolute atomic E-state index is 10.6. The van der Waals surface area contributed by atoms with E-state index in [1.54, 1.807) is 0 Å². The standard InChI is InChI=1S/C7H7ClN2O4S/c1-5(11)10-6-2-3-7(9-4-6)14-15(8,12)13/h2-4H,1H3,(H,10,11). The zero-order valence-electron chi connectivity index (χ0n) is 7.60. The molecule has 0 unspecified atom stereocenters. The SMILES string of the molecule is CC(=O)Nc1ccc(OS(=O)(=O)Cl)nc1. The van der Waals surface area contributed by atoms with Crippen molar-refractivity contribution in [1.29, 1.82) is 0 Å². The molecule has 0 spiro atoms. The second kappa shape index (κ2) is 4.45. The summed E-state index contributed by atoms with van der Waals surface area (Å²) in [5.41, 5.74) is 0.432. The molecule has 0 saturated carbocycles. The van der Waals surface area contributed by atoms with Gasteiger partial charge in [0.05, 0.1) is 22.6 Å². The molecule has 1 rings (SSSR count). The summed E-state index contributed by atoms with van der Waals surface area (Å²) < 4.78 is 25.3. The van der Waals surface area contributed by atoms with Crippen LogP contribution in [0.3, 0.4) is 0 Å². The Hall–Kier alpha value is -1.34. The van der Waals surface area contributed by atoms with Crippen molar-refractivity contribution >= 4 is 31.6 Å². The number of hydrogen-bond acceptors (Lipinski definition) is 5. The first-order chi connectivity index (χ1) is 6.87. The number of halogens is 1. The van der Waals surface area contributed by atoms with Crippen LogP contribution in [0.5, 0.6) is 5.88 Å². The molecular weight excluding hydrogens is 244 g/mol. The summed E-state index contributed by atoms with van der Waals surface area (Å²) in [5, 5.41) is 2.46. The molecule has 0 atom stereocenters. The van der Waals surface area contributed by atoms with Crippen molar-refractivity contribution in [1.82, 2.24) is 4.98 Å². The Balaban J connectivity index is 2.77. The molecule has 0 aliphatic rings. The van der Waals surface area contributed by atoms with Crippen LogP contribution in [0.25, 0.3) is 0 Å². The largest absolute Gasteiger partial charge is 0.402 e. The second-order valence-corrected chi connectivity index (χ2v) is 4.63. The van der Waals surface area contributed by atoms with Gasteiger partial charge in [-0.3, -0.25) is 4.79 Å². The molecule has 1 aromatic rings. The van der Waals surface area contributed by atoms with Crippen molar-refractivity contribution in [3.63, 3.8) is 0 Å². The van der Waals surface area contributed by atoms with Gasteiger partial charge in [0.15, 0.2) is 0 Å². The van der Waals surface area contributed by atoms with E-state index in [0.717, 1.165) is 0 Å². The lowest BCUT2D eigenvalue weighted by atomic mass is 10.4. The Morgan fingerprint density at radius 3 is 2.60 bits per heavy atom. The Kier molecular flexibility index (Phi) is 3.48. The Morgan fingerprint density at radius 2 is 2.20 bits per heavy atom. The summed E-state index contributed by atoms with van der Waals surface area (Å²) in [4.78, 5) is 14.3. The molecule has 1 amide bonds. The van der Waals surface area contributed by atoms with Crippen LogP contribution in [-0.2, 0) is 14.1 Å². The Labute approximate surface area is 90.8 Å². The van der Waals surface area contributed by atoms with Crippen LogP contribution in [0.4, 0.5) is 5.69 Å². The number of rotatable bonds is 3. The summed E-state index contributed by atoms with van der Waals surface area (Å²) in [6.45, 7) is 1.34. The first-order valence-electron chi connectivity index (χ1n) is 3.74. The maximum atomic E-state index is 10.6. The van der Waals surface area contributed by atoms with Crippen molar-refractivity contribution in [3.05, 3.63) is 18.3 Å². The number of anilines is 1. The van der Waals surface area contributed by atoms with Crippen molar-refractivity contribution in [3.8, 4) is 5.88 Å². The van der Waals surface area contributed by atoms with Gasteiger partial charge in [-0.15, -0.1) is 0 Å². The normalized spacial score (nSPS) is 10.8. The minimum Gasteiger partial charge on any atom is -0.350 e. The third-order valence-electron chi connectivity index (χ3n) is 1.24. The van der Waals surface area contributed by atoms with Gasteiger partial charge in [-0.05, 0) is 6.07 Å². The van der Waals surface area contributed by atoms with Crippen LogP contribution < -0.4 is 9.50 Å². The Bertz CT molecular complexity index is 456. The number of carbonyl (C=O) groups is 1. The first-order valence-corrected chi connectivity index (χ1v) is 5.98. The molecule has 0 saturated heterocycles. The molecule has 1 N–H and O–H groups in total. The molecule has 0 aliphatic heterocycles. The van der Waals surface area contributed by atoms with E-state index in [9.17, 15) is 13.2 Å². The molecule has 0 fully saturated rings. The van der Waals surface area contributed by atoms with Crippen LogP contribution in [0, 0.1) is 0 Å². The van der Waals surface area contributed by atoms with E-state index in [4.69, 9.17) is 10.7 Å². The minimum atomic E-state index is -4.09. The zero-order chi connectivity index (χ0) is 11.5. The summed E-state index contributed by atoms with van der Waals surface area (Å²) in [6, 6.07) is 2.71. The predicted octanol–water partition coefficient (Wildman–Crippen LogP) is 0.902. The lowest BCUT2D eigenvalue weighted by Gasteiger charge is -2.02. The first kappa shape index (κ1) is 11.7. The van der Waals surface area contributed by atoms with Gasteiger partial charge in [0.1, 0.15) is 0 Å². The van der Waals surface area contributed by atoms with Crippen molar-refractivity contribution in [2.45, 2.75) is 6.92 Å². The minimum absolute atomic E-state index is 0.167. The molecule has 8 heteroatoms. The summed E-state index contributed by atoms with van der Waals surface area (Å²) in [6.07, 6.45) is 1.25. The molecule has 0 aliphatic carbocycles. The maximum Gasteiger partial charge on any atom is 0.402 e. The molecule has 0 bridgehead atoms. The van der Waals surface area contributed by atoms with Gasteiger partial charge in [-0.2, -0.15) is 8.42 Å². The molecular formula is C7H7ClN2O4S. The smallest absolute Gasteiger partial charge is 0.350 e. The van der Waals surface area contributed by atoms with E-state index in [0.29, 0.717) is 5.69 Å². The fraction of sp³-hybridized carbons (Fsp3) is 0.143. The van der Waals surface area contributed by atoms with Gasteiger partial charge in [0.2, 0.25) is 11.8 Å². The van der Waals surface area contributed by atoms with E-state index < -0.39 is 9.33 Å². The number of nitrogens with one attached hydrogen (secondary N) is 1. The van der Waals surface area contributed by atoms with Crippen LogP contribution in [0.15, 0.2) is 18.3 Å². The monoisotopic (exact) mass is 250 g/mol. The highest BCUT2D eigenvalue weighted by Crippen LogP contribution is 2.14. The van der Waals surface area contributed by atoms with Gasteiger partial charge in [-0.1, -0.05) is 0 Å². The molecule has 1 heterocycles. The second-order valence-electron chi connectivity index (χ2n) is 2.54. The van der Waals surface area contributed by atoms with Gasteiger partial charge in [0, 0.05) is 13.0 Å². The van der Waals surface area contributed by atoms with Crippen LogP contribution in [-0.4, -0.2) is 19.3 Å². The lowest BCUT2D eigenvalue weighted by Crippen LogP contribution is -2.06. The van der Waals surface area contributed by atoms with E-state index in [2.05, 4.69) is 14.5 Å². The molecule has 15 heavy (non-hydrogen) atoms. The average molecular weight is 251 g/mol. The molecule has 0 radical (unpaired) electrons.